The Kier molecular flexibility index (Phi) is 5.07. The van der Waals surface area contributed by atoms with Crippen molar-refractivity contribution in [1.29, 1.82) is 0 Å². The van der Waals surface area contributed by atoms with Gasteiger partial charge in [0.05, 0.1) is 23.7 Å². The fourth-order valence-electron chi connectivity index (χ4n) is 4.58. The largest absolute Gasteiger partial charge is 0.374 e. The lowest BCUT2D eigenvalue weighted by atomic mass is 9.82. The lowest BCUT2D eigenvalue weighted by molar-refractivity contribution is 0.117. The molecule has 0 radical (unpaired) electrons. The summed E-state index contributed by atoms with van der Waals surface area (Å²) in [6, 6.07) is 22.5. The van der Waals surface area contributed by atoms with Gasteiger partial charge in [0.1, 0.15) is 0 Å². The minimum atomic E-state index is -1.49. The van der Waals surface area contributed by atoms with Crippen LogP contribution in [0.25, 0.3) is 27.7 Å². The van der Waals surface area contributed by atoms with E-state index in [-0.39, 0.29) is 0 Å². The van der Waals surface area contributed by atoms with E-state index in [1.807, 2.05) is 67.7 Å². The summed E-state index contributed by atoms with van der Waals surface area (Å²) < 4.78 is 3.49. The number of hydrogen-bond acceptors (Lipinski definition) is 5. The first-order valence-corrected chi connectivity index (χ1v) is 11.6. The molecule has 0 fully saturated rings. The van der Waals surface area contributed by atoms with Gasteiger partial charge in [0.2, 0.25) is 0 Å². The number of aryl methyl sites for hydroxylation is 1. The zero-order valence-corrected chi connectivity index (χ0v) is 20.0. The summed E-state index contributed by atoms with van der Waals surface area (Å²) in [6.07, 6.45) is 3.33. The molecule has 0 spiro atoms. The molecule has 3 aromatic carbocycles. The molecular formula is C26H18Cl2N6O. The topological polar surface area (TPSA) is 81.1 Å². The molecule has 1 unspecified atom stereocenters. The minimum absolute atomic E-state index is 0.587. The molecule has 35 heavy (non-hydrogen) atoms. The predicted octanol–water partition coefficient (Wildman–Crippen LogP) is 5.27. The number of imidazole rings is 1. The molecule has 0 aliphatic rings. The van der Waals surface area contributed by atoms with Crippen molar-refractivity contribution in [2.24, 2.45) is 7.05 Å². The molecule has 0 aliphatic carbocycles. The van der Waals surface area contributed by atoms with Crippen LogP contribution in [0, 0.1) is 0 Å². The van der Waals surface area contributed by atoms with Crippen LogP contribution in [0.2, 0.25) is 10.0 Å². The van der Waals surface area contributed by atoms with Gasteiger partial charge >= 0.3 is 0 Å². The van der Waals surface area contributed by atoms with Gasteiger partial charge in [-0.05, 0) is 75.1 Å². The highest BCUT2D eigenvalue weighted by atomic mass is 35.5. The Morgan fingerprint density at radius 3 is 2.43 bits per heavy atom. The van der Waals surface area contributed by atoms with Gasteiger partial charge in [0.15, 0.2) is 11.2 Å². The molecule has 6 aromatic rings. The van der Waals surface area contributed by atoms with Gasteiger partial charge in [-0.3, -0.25) is 0 Å². The maximum atomic E-state index is 12.4. The van der Waals surface area contributed by atoms with Crippen LogP contribution in [0.3, 0.4) is 0 Å². The molecule has 0 saturated carbocycles. The molecule has 9 heteroatoms. The summed E-state index contributed by atoms with van der Waals surface area (Å²) >= 11 is 12.5. The van der Waals surface area contributed by atoms with Crippen molar-refractivity contribution in [3.8, 4) is 11.1 Å². The number of nitrogens with zero attached hydrogens (tertiary/aromatic N) is 6. The van der Waals surface area contributed by atoms with Gasteiger partial charge in [-0.2, -0.15) is 4.52 Å². The molecule has 6 rings (SSSR count). The summed E-state index contributed by atoms with van der Waals surface area (Å²) in [5.74, 6) is 0. The van der Waals surface area contributed by atoms with Gasteiger partial charge in [0.25, 0.3) is 0 Å². The number of hydrogen-bond donors (Lipinski definition) is 1. The molecule has 1 atom stereocenters. The Morgan fingerprint density at radius 2 is 1.69 bits per heavy atom. The van der Waals surface area contributed by atoms with Crippen LogP contribution in [-0.4, -0.2) is 34.7 Å². The molecule has 0 saturated heterocycles. The fraction of sp³-hybridized carbons (Fsp3) is 0.0769. The van der Waals surface area contributed by atoms with E-state index < -0.39 is 5.60 Å². The number of benzene rings is 3. The molecule has 0 amide bonds. The van der Waals surface area contributed by atoms with E-state index in [4.69, 9.17) is 23.2 Å². The second-order valence-electron chi connectivity index (χ2n) is 8.36. The van der Waals surface area contributed by atoms with E-state index in [1.54, 1.807) is 33.7 Å². The number of tetrazole rings is 1. The molecule has 7 nitrogen and oxygen atoms in total. The lowest BCUT2D eigenvalue weighted by Gasteiger charge is -2.30. The van der Waals surface area contributed by atoms with E-state index in [9.17, 15) is 5.11 Å². The number of aromatic nitrogens is 6. The molecule has 0 aliphatic heterocycles. The smallest absolute Gasteiger partial charge is 0.180 e. The van der Waals surface area contributed by atoms with Crippen LogP contribution < -0.4 is 0 Å². The Morgan fingerprint density at radius 1 is 0.886 bits per heavy atom. The molecule has 0 bridgehead atoms. The normalized spacial score (nSPS) is 13.4. The van der Waals surface area contributed by atoms with Gasteiger partial charge in [-0.25, -0.2) is 4.98 Å². The average molecular weight is 501 g/mol. The maximum absolute atomic E-state index is 12.4. The van der Waals surface area contributed by atoms with Crippen molar-refractivity contribution in [2.75, 3.05) is 0 Å². The third-order valence-electron chi connectivity index (χ3n) is 6.28. The lowest BCUT2D eigenvalue weighted by Crippen LogP contribution is -2.31. The Hall–Kier alpha value is -3.78. The van der Waals surface area contributed by atoms with Gasteiger partial charge in [-0.1, -0.05) is 53.5 Å². The third-order valence-corrected chi connectivity index (χ3v) is 6.77. The maximum Gasteiger partial charge on any atom is 0.180 e. The van der Waals surface area contributed by atoms with Crippen molar-refractivity contribution in [1.82, 2.24) is 29.6 Å². The van der Waals surface area contributed by atoms with Crippen molar-refractivity contribution in [3.63, 3.8) is 0 Å². The summed E-state index contributed by atoms with van der Waals surface area (Å²) in [6.45, 7) is 0. The zero-order chi connectivity index (χ0) is 24.2. The molecule has 3 aromatic heterocycles. The van der Waals surface area contributed by atoms with E-state index >= 15 is 0 Å². The summed E-state index contributed by atoms with van der Waals surface area (Å²) in [4.78, 5) is 4.26. The monoisotopic (exact) mass is 500 g/mol. The van der Waals surface area contributed by atoms with Gasteiger partial charge < -0.3 is 9.67 Å². The molecule has 3 heterocycles. The highest BCUT2D eigenvalue weighted by molar-refractivity contribution is 6.31. The van der Waals surface area contributed by atoms with Crippen LogP contribution in [0.1, 0.15) is 16.8 Å². The SMILES string of the molecule is Cn1cncc1C(O)(c1ccc(Cl)cc1)c1ccc2c(c1)c(-c1cccc(Cl)c1)cc1nnnn12. The Balaban J connectivity index is 1.68. The predicted molar refractivity (Wildman–Crippen MR) is 135 cm³/mol. The van der Waals surface area contributed by atoms with E-state index in [1.165, 1.54) is 0 Å². The number of pyridine rings is 1. The first-order valence-electron chi connectivity index (χ1n) is 10.8. The van der Waals surface area contributed by atoms with Gasteiger partial charge in [-0.15, -0.1) is 5.10 Å². The number of aliphatic hydroxyl groups is 1. The fourth-order valence-corrected chi connectivity index (χ4v) is 4.89. The first kappa shape index (κ1) is 21.7. The van der Waals surface area contributed by atoms with E-state index in [0.717, 1.165) is 22.0 Å². The van der Waals surface area contributed by atoms with Crippen LogP contribution in [0.15, 0.2) is 85.3 Å². The van der Waals surface area contributed by atoms with Crippen LogP contribution in [0.4, 0.5) is 0 Å². The Bertz CT molecular complexity index is 1710. The standard InChI is InChI=1S/C26H18Cl2N6O/c1-33-15-29-14-24(33)26(35,17-5-8-19(27)9-6-17)18-7-10-23-22(12-18)21(13-25-30-31-32-34(23)25)16-3-2-4-20(28)11-16/h2-15,35H,1H3. The summed E-state index contributed by atoms with van der Waals surface area (Å²) in [5, 5.41) is 26.6. The Labute approximate surface area is 210 Å². The van der Waals surface area contributed by atoms with Crippen LogP contribution in [-0.2, 0) is 12.6 Å². The quantitative estimate of drug-likeness (QED) is 0.356. The average Bonchev–Trinajstić information content (AvgIpc) is 3.52. The molecular weight excluding hydrogens is 483 g/mol. The second-order valence-corrected chi connectivity index (χ2v) is 9.23. The van der Waals surface area contributed by atoms with Crippen molar-refractivity contribution < 1.29 is 5.11 Å². The highest BCUT2D eigenvalue weighted by Crippen LogP contribution is 2.40. The second kappa shape index (κ2) is 8.16. The van der Waals surface area contributed by atoms with Crippen LogP contribution >= 0.6 is 23.2 Å². The van der Waals surface area contributed by atoms with Crippen molar-refractivity contribution in [3.05, 3.63) is 112 Å². The third kappa shape index (κ3) is 3.47. The summed E-state index contributed by atoms with van der Waals surface area (Å²) in [5.41, 5.74) is 3.67. The zero-order valence-electron chi connectivity index (χ0n) is 18.5. The molecule has 172 valence electrons. The molecule has 1 N–H and O–H groups in total. The highest BCUT2D eigenvalue weighted by Gasteiger charge is 2.37. The minimum Gasteiger partial charge on any atom is -0.374 e. The van der Waals surface area contributed by atoms with E-state index in [2.05, 4.69) is 20.5 Å². The first-order chi connectivity index (χ1) is 16.9. The van der Waals surface area contributed by atoms with Crippen molar-refractivity contribution >= 4 is 39.8 Å². The van der Waals surface area contributed by atoms with Gasteiger partial charge in [0, 0.05) is 22.5 Å². The number of fused-ring (bicyclic) bond motifs is 3. The number of halogens is 2. The van der Waals surface area contributed by atoms with Crippen molar-refractivity contribution in [2.45, 2.75) is 5.60 Å². The number of rotatable bonds is 4. The van der Waals surface area contributed by atoms with Crippen LogP contribution in [0.5, 0.6) is 0 Å². The summed E-state index contributed by atoms with van der Waals surface area (Å²) in [7, 11) is 1.85. The van der Waals surface area contributed by atoms with E-state index in [0.29, 0.717) is 32.5 Å².